The number of aliphatic hydroxyl groups excluding tert-OH is 1. The van der Waals surface area contributed by atoms with E-state index in [1.807, 2.05) is 0 Å². The van der Waals surface area contributed by atoms with E-state index in [4.69, 9.17) is 9.26 Å². The van der Waals surface area contributed by atoms with Crippen molar-refractivity contribution in [2.45, 2.75) is 45.1 Å². The minimum Gasteiger partial charge on any atom is -0.389 e. The van der Waals surface area contributed by atoms with E-state index in [0.717, 1.165) is 13.0 Å². The summed E-state index contributed by atoms with van der Waals surface area (Å²) in [6.45, 7) is 4.53. The van der Waals surface area contributed by atoms with Gasteiger partial charge < -0.3 is 19.7 Å². The van der Waals surface area contributed by atoms with Crippen LogP contribution in [0.25, 0.3) is 0 Å². The maximum Gasteiger partial charge on any atom is 0.227 e. The summed E-state index contributed by atoms with van der Waals surface area (Å²) in [4.78, 5) is 3.91. The van der Waals surface area contributed by atoms with Crippen molar-refractivity contribution in [3.63, 3.8) is 0 Å². The van der Waals surface area contributed by atoms with Gasteiger partial charge in [0.05, 0.1) is 12.7 Å². The van der Waals surface area contributed by atoms with Gasteiger partial charge in [0, 0.05) is 26.1 Å². The summed E-state index contributed by atoms with van der Waals surface area (Å²) in [7, 11) is 0. The van der Waals surface area contributed by atoms with Gasteiger partial charge in [0.15, 0.2) is 6.33 Å². The van der Waals surface area contributed by atoms with E-state index in [-0.39, 0.29) is 0 Å². The molecule has 19 heavy (non-hydrogen) atoms. The number of hydrogen-bond donors (Lipinski definition) is 2. The van der Waals surface area contributed by atoms with E-state index in [1.165, 1.54) is 25.6 Å². The first-order valence-electron chi connectivity index (χ1n) is 7.05. The van der Waals surface area contributed by atoms with Crippen molar-refractivity contribution in [2.75, 3.05) is 26.3 Å². The molecular formula is C13H25N3O3. The highest BCUT2D eigenvalue weighted by molar-refractivity contribution is 4.75. The highest BCUT2D eigenvalue weighted by Crippen LogP contribution is 1.99. The van der Waals surface area contributed by atoms with Gasteiger partial charge in [-0.1, -0.05) is 31.3 Å². The Hall–Kier alpha value is -0.980. The minimum atomic E-state index is -0.464. The molecule has 1 heterocycles. The Labute approximate surface area is 114 Å². The van der Waals surface area contributed by atoms with Crippen molar-refractivity contribution in [1.29, 1.82) is 0 Å². The van der Waals surface area contributed by atoms with Gasteiger partial charge in [0.2, 0.25) is 5.89 Å². The lowest BCUT2D eigenvalue weighted by Gasteiger charge is -2.11. The third-order valence-electron chi connectivity index (χ3n) is 2.76. The van der Waals surface area contributed by atoms with Gasteiger partial charge in [-0.2, -0.15) is 4.98 Å². The zero-order valence-corrected chi connectivity index (χ0v) is 11.7. The largest absolute Gasteiger partial charge is 0.389 e. The summed E-state index contributed by atoms with van der Waals surface area (Å²) in [6, 6.07) is 0. The molecule has 6 heteroatoms. The first-order valence-corrected chi connectivity index (χ1v) is 7.05. The Balaban J connectivity index is 1.86. The molecule has 110 valence electrons. The third-order valence-corrected chi connectivity index (χ3v) is 2.76. The van der Waals surface area contributed by atoms with Gasteiger partial charge in [-0.3, -0.25) is 0 Å². The van der Waals surface area contributed by atoms with Crippen molar-refractivity contribution < 1.29 is 14.4 Å². The van der Waals surface area contributed by atoms with Crippen LogP contribution >= 0.6 is 0 Å². The molecule has 2 N–H and O–H groups in total. The molecule has 1 aromatic heterocycles. The quantitative estimate of drug-likeness (QED) is 0.555. The standard InChI is InChI=1S/C13H25N3O3/c1-2-3-4-5-8-18-10-12(17)9-14-7-6-13-15-11-16-19-13/h11-12,14,17H,2-10H2,1H3. The van der Waals surface area contributed by atoms with Crippen LogP contribution in [0.4, 0.5) is 0 Å². The molecule has 0 radical (unpaired) electrons. The zero-order chi connectivity index (χ0) is 13.8. The lowest BCUT2D eigenvalue weighted by atomic mass is 10.2. The molecule has 1 rings (SSSR count). The van der Waals surface area contributed by atoms with Crippen LogP contribution < -0.4 is 5.32 Å². The number of hydrogen-bond acceptors (Lipinski definition) is 6. The Morgan fingerprint density at radius 3 is 3.05 bits per heavy atom. The van der Waals surface area contributed by atoms with Crippen molar-refractivity contribution >= 4 is 0 Å². The molecule has 1 atom stereocenters. The molecule has 0 saturated carbocycles. The van der Waals surface area contributed by atoms with E-state index in [1.54, 1.807) is 0 Å². The van der Waals surface area contributed by atoms with E-state index in [2.05, 4.69) is 22.4 Å². The fraction of sp³-hybridized carbons (Fsp3) is 0.846. The summed E-state index contributed by atoms with van der Waals surface area (Å²) in [5.74, 6) is 0.606. The number of rotatable bonds is 12. The van der Waals surface area contributed by atoms with Gasteiger partial charge in [0.1, 0.15) is 0 Å². The average molecular weight is 271 g/mol. The molecular weight excluding hydrogens is 246 g/mol. The molecule has 0 amide bonds. The van der Waals surface area contributed by atoms with E-state index in [9.17, 15) is 5.11 Å². The summed E-state index contributed by atoms with van der Waals surface area (Å²) in [6.07, 6.45) is 6.35. The number of unbranched alkanes of at least 4 members (excludes halogenated alkanes) is 3. The molecule has 6 nitrogen and oxygen atoms in total. The van der Waals surface area contributed by atoms with Gasteiger partial charge in [-0.05, 0) is 6.42 Å². The second-order valence-electron chi connectivity index (χ2n) is 4.58. The van der Waals surface area contributed by atoms with Crippen LogP contribution in [-0.4, -0.2) is 47.7 Å². The normalized spacial score (nSPS) is 12.7. The summed E-state index contributed by atoms with van der Waals surface area (Å²) in [5, 5.41) is 16.3. The molecule has 1 unspecified atom stereocenters. The second kappa shape index (κ2) is 10.9. The van der Waals surface area contributed by atoms with Gasteiger partial charge in [0.25, 0.3) is 0 Å². The number of nitrogens with one attached hydrogen (secondary N) is 1. The molecule has 0 spiro atoms. The van der Waals surface area contributed by atoms with Gasteiger partial charge >= 0.3 is 0 Å². The summed E-state index contributed by atoms with van der Waals surface area (Å²) < 4.78 is 10.3. The summed E-state index contributed by atoms with van der Waals surface area (Å²) in [5.41, 5.74) is 0. The van der Waals surface area contributed by atoms with E-state index < -0.39 is 6.10 Å². The number of nitrogens with zero attached hydrogens (tertiary/aromatic N) is 2. The Morgan fingerprint density at radius 2 is 2.32 bits per heavy atom. The Morgan fingerprint density at radius 1 is 1.42 bits per heavy atom. The molecule has 0 aliphatic heterocycles. The highest BCUT2D eigenvalue weighted by atomic mass is 16.5. The average Bonchev–Trinajstić information content (AvgIpc) is 2.92. The van der Waals surface area contributed by atoms with Crippen LogP contribution in [0.3, 0.4) is 0 Å². The summed E-state index contributed by atoms with van der Waals surface area (Å²) >= 11 is 0. The molecule has 0 fully saturated rings. The first kappa shape index (κ1) is 16.1. The van der Waals surface area contributed by atoms with Crippen molar-refractivity contribution in [1.82, 2.24) is 15.5 Å². The predicted molar refractivity (Wildman–Crippen MR) is 71.8 cm³/mol. The fourth-order valence-corrected chi connectivity index (χ4v) is 1.68. The van der Waals surface area contributed by atoms with Crippen LogP contribution in [0, 0.1) is 0 Å². The topological polar surface area (TPSA) is 80.4 Å². The molecule has 0 aliphatic carbocycles. The van der Waals surface area contributed by atoms with Crippen molar-refractivity contribution in [3.05, 3.63) is 12.2 Å². The van der Waals surface area contributed by atoms with Crippen LogP contribution in [0.2, 0.25) is 0 Å². The molecule has 0 bridgehead atoms. The van der Waals surface area contributed by atoms with Crippen LogP contribution in [0.1, 0.15) is 38.5 Å². The molecule has 1 aromatic rings. The maximum absolute atomic E-state index is 9.67. The lowest BCUT2D eigenvalue weighted by Crippen LogP contribution is -2.31. The van der Waals surface area contributed by atoms with E-state index >= 15 is 0 Å². The van der Waals surface area contributed by atoms with Crippen LogP contribution in [0.15, 0.2) is 10.9 Å². The molecule has 0 aromatic carbocycles. The zero-order valence-electron chi connectivity index (χ0n) is 11.7. The number of ether oxygens (including phenoxy) is 1. The van der Waals surface area contributed by atoms with Crippen molar-refractivity contribution in [3.8, 4) is 0 Å². The SMILES string of the molecule is CCCCCCOCC(O)CNCCc1ncno1. The maximum atomic E-state index is 9.67. The smallest absolute Gasteiger partial charge is 0.227 e. The third kappa shape index (κ3) is 8.69. The minimum absolute atomic E-state index is 0.389. The highest BCUT2D eigenvalue weighted by Gasteiger charge is 2.04. The predicted octanol–water partition coefficient (Wildman–Crippen LogP) is 1.16. The molecule has 0 aliphatic rings. The first-order chi connectivity index (χ1) is 9.33. The number of aromatic nitrogens is 2. The van der Waals surface area contributed by atoms with Gasteiger partial charge in [-0.15, -0.1) is 0 Å². The number of aliphatic hydroxyl groups is 1. The lowest BCUT2D eigenvalue weighted by molar-refractivity contribution is 0.0355. The van der Waals surface area contributed by atoms with Crippen molar-refractivity contribution in [2.24, 2.45) is 0 Å². The fourth-order valence-electron chi connectivity index (χ4n) is 1.68. The van der Waals surface area contributed by atoms with Crippen LogP contribution in [0.5, 0.6) is 0 Å². The van der Waals surface area contributed by atoms with E-state index in [0.29, 0.717) is 32.0 Å². The van der Waals surface area contributed by atoms with Gasteiger partial charge in [-0.25, -0.2) is 0 Å². The molecule has 0 saturated heterocycles. The Kier molecular flexibility index (Phi) is 9.22. The Bertz CT molecular complexity index is 293. The monoisotopic (exact) mass is 271 g/mol. The second-order valence-corrected chi connectivity index (χ2v) is 4.58. The van der Waals surface area contributed by atoms with Crippen LogP contribution in [-0.2, 0) is 11.2 Å².